The third-order valence-electron chi connectivity index (χ3n) is 13.9. The first-order chi connectivity index (χ1) is 41.0. The number of aromatic nitrogens is 1. The first kappa shape index (κ1) is 66.6. The summed E-state index contributed by atoms with van der Waals surface area (Å²) >= 11 is 4.91. The number of aryl methyl sites for hydroxylation is 2. The van der Waals surface area contributed by atoms with Crippen molar-refractivity contribution < 1.29 is 42.9 Å². The highest BCUT2D eigenvalue weighted by Crippen LogP contribution is 2.36. The number of hydrogen-bond donors (Lipinski definition) is 4. The lowest BCUT2D eigenvalue weighted by molar-refractivity contribution is -0.141. The molecule has 1 unspecified atom stereocenters. The number of unbranched alkanes of at least 4 members (excludes halogenated alkanes) is 1. The fourth-order valence-electron chi connectivity index (χ4n) is 8.87. The van der Waals surface area contributed by atoms with E-state index in [0.29, 0.717) is 107 Å². The Morgan fingerprint density at radius 2 is 1.61 bits per heavy atom. The average molecular weight is 1240 g/mol. The highest BCUT2D eigenvalue weighted by Gasteiger charge is 2.41. The maximum atomic E-state index is 14.0. The zero-order chi connectivity index (χ0) is 59.6. The number of anilines is 2. The van der Waals surface area contributed by atoms with E-state index in [4.69, 9.17) is 29.5 Å². The molecule has 5 N–H and O–H groups in total. The van der Waals surface area contributed by atoms with Crippen molar-refractivity contribution in [2.75, 3.05) is 130 Å². The van der Waals surface area contributed by atoms with Crippen molar-refractivity contribution in [3.8, 4) is 11.5 Å². The van der Waals surface area contributed by atoms with Crippen LogP contribution < -0.4 is 31.3 Å². The number of piperazine rings is 1. The monoisotopic (exact) mass is 1240 g/mol. The number of carbonyl (C=O) groups excluding carboxylic acids is 4. The molecular weight excluding hydrogens is 1150 g/mol. The molecule has 0 bridgehead atoms. The summed E-state index contributed by atoms with van der Waals surface area (Å²) in [6, 6.07) is 21.8. The molecule has 22 heteroatoms. The van der Waals surface area contributed by atoms with Crippen LogP contribution in [0.25, 0.3) is 0 Å². The van der Waals surface area contributed by atoms with Gasteiger partial charge in [-0.05, 0) is 137 Å². The van der Waals surface area contributed by atoms with Gasteiger partial charge in [-0.3, -0.25) is 24.7 Å². The SMILES string of the molecule is CCc1csc(NC(=O)Nc2ccc(OCCOCCN=C/C(CCOCCOCCN(C)CCCCOc3cccc(CCC(=O)N(C4CC4)C(C(=O)NCC4=CCCC=C4)c4ccc(Br)cc4)c3)=N\N)cc2)n1.CN1CCN(C=O)CC1. The van der Waals surface area contributed by atoms with E-state index in [-0.39, 0.29) is 23.9 Å². The number of carbonyl (C=O) groups is 4. The molecule has 1 saturated heterocycles. The zero-order valence-electron chi connectivity index (χ0n) is 49.1. The van der Waals surface area contributed by atoms with E-state index in [1.54, 1.807) is 35.4 Å². The van der Waals surface area contributed by atoms with Gasteiger partial charge in [0.1, 0.15) is 24.1 Å². The fourth-order valence-corrected chi connectivity index (χ4v) is 9.93. The van der Waals surface area contributed by atoms with Crippen molar-refractivity contribution in [1.82, 2.24) is 29.9 Å². The molecule has 4 aromatic rings. The van der Waals surface area contributed by atoms with Crippen molar-refractivity contribution in [2.24, 2.45) is 15.9 Å². The van der Waals surface area contributed by atoms with Gasteiger partial charge >= 0.3 is 6.03 Å². The van der Waals surface area contributed by atoms with Crippen molar-refractivity contribution in [3.05, 3.63) is 123 Å². The molecule has 1 aromatic heterocycles. The molecule has 2 fully saturated rings. The summed E-state index contributed by atoms with van der Waals surface area (Å²) < 4.78 is 29.9. The van der Waals surface area contributed by atoms with Gasteiger partial charge in [-0.1, -0.05) is 65.3 Å². The molecule has 2 aliphatic carbocycles. The lowest BCUT2D eigenvalue weighted by Gasteiger charge is -2.32. The van der Waals surface area contributed by atoms with Crippen LogP contribution in [-0.4, -0.2) is 186 Å². The summed E-state index contributed by atoms with van der Waals surface area (Å²) in [6.45, 7) is 12.3. The molecule has 7 rings (SSSR count). The molecule has 0 spiro atoms. The number of nitrogens with zero attached hydrogens (tertiary/aromatic N) is 7. The summed E-state index contributed by atoms with van der Waals surface area (Å²) in [7, 11) is 4.16. The number of benzene rings is 3. The van der Waals surface area contributed by atoms with Gasteiger partial charge in [-0.25, -0.2) is 9.78 Å². The summed E-state index contributed by atoms with van der Waals surface area (Å²) in [5.41, 5.74) is 5.14. The molecule has 456 valence electrons. The predicted molar refractivity (Wildman–Crippen MR) is 336 cm³/mol. The van der Waals surface area contributed by atoms with Crippen LogP contribution in [0.5, 0.6) is 11.5 Å². The van der Waals surface area contributed by atoms with E-state index in [1.807, 2.05) is 65.7 Å². The van der Waals surface area contributed by atoms with Crippen molar-refractivity contribution in [1.29, 1.82) is 0 Å². The van der Waals surface area contributed by atoms with Gasteiger partial charge in [-0.15, -0.1) is 11.3 Å². The fraction of sp³-hybridized carbons (Fsp3) is 0.500. The number of hydrogen-bond acceptors (Lipinski definition) is 16. The van der Waals surface area contributed by atoms with Crippen molar-refractivity contribution in [3.63, 3.8) is 0 Å². The van der Waals surface area contributed by atoms with Crippen LogP contribution in [0.4, 0.5) is 15.6 Å². The Hall–Kier alpha value is -6.53. The van der Waals surface area contributed by atoms with E-state index in [0.717, 1.165) is 123 Å². The summed E-state index contributed by atoms with van der Waals surface area (Å²) in [5.74, 6) is 6.85. The second-order valence-corrected chi connectivity index (χ2v) is 22.4. The number of likely N-dealkylation sites (N-methyl/N-ethyl adjacent to an activating group) is 2. The maximum Gasteiger partial charge on any atom is 0.325 e. The largest absolute Gasteiger partial charge is 0.494 e. The Morgan fingerprint density at radius 1 is 0.857 bits per heavy atom. The number of allylic oxidation sites excluding steroid dienone is 2. The molecule has 1 atom stereocenters. The molecule has 1 saturated carbocycles. The number of nitrogens with one attached hydrogen (secondary N) is 3. The van der Waals surface area contributed by atoms with Gasteiger partial charge in [0.2, 0.25) is 18.2 Å². The topological polar surface area (TPSA) is 227 Å². The number of urea groups is 1. The standard InChI is InChI=1S/C56H74BrN9O8S.C6H12N2O/c1-3-46-41-75-56(62-46)63-55(69)61-47-19-23-50(24-20-47)74-37-36-71-32-27-59-40-48(64-58)26-31-70-34-35-72-33-29-65(2)28-7-8-30-73-51-13-9-12-42(38-51)14-25-52(67)66(49-21-22-49)53(44-15-17-45(57)18-16-44)54(68)60-39-43-10-5-4-6-11-43;1-7-2-4-8(6-9)5-3-7/h5,9-13,15-20,23-24,38,40-41,49,53H,3-4,6-8,14,21-22,25-37,39,58H2,1-2H3,(H,60,68)(H2,61,62,63,69);6H,2-5H2,1H3/b59-40?,64-48-;. The Bertz CT molecular complexity index is 2720. The normalized spacial score (nSPS) is 14.8. The maximum absolute atomic E-state index is 14.0. The highest BCUT2D eigenvalue weighted by molar-refractivity contribution is 9.10. The predicted octanol–water partition coefficient (Wildman–Crippen LogP) is 8.55. The molecule has 3 aliphatic rings. The quantitative estimate of drug-likeness (QED) is 0.0110. The van der Waals surface area contributed by atoms with Crippen LogP contribution in [0.3, 0.4) is 0 Å². The number of aliphatic imine (C=N–C) groups is 1. The van der Waals surface area contributed by atoms with Gasteiger partial charge in [0.25, 0.3) is 0 Å². The second kappa shape index (κ2) is 38.4. The van der Waals surface area contributed by atoms with Crippen LogP contribution in [0.15, 0.2) is 117 Å². The summed E-state index contributed by atoms with van der Waals surface area (Å²) in [6.07, 6.45) is 16.8. The molecule has 1 aliphatic heterocycles. The van der Waals surface area contributed by atoms with Gasteiger partial charge in [0.15, 0.2) is 5.13 Å². The van der Waals surface area contributed by atoms with Crippen LogP contribution >= 0.6 is 27.3 Å². The van der Waals surface area contributed by atoms with Gasteiger partial charge in [0, 0.05) is 79.9 Å². The molecule has 84 heavy (non-hydrogen) atoms. The van der Waals surface area contributed by atoms with E-state index >= 15 is 0 Å². The van der Waals surface area contributed by atoms with E-state index < -0.39 is 6.04 Å². The van der Waals surface area contributed by atoms with Gasteiger partial charge in [-0.2, -0.15) is 5.10 Å². The second-order valence-electron chi connectivity index (χ2n) is 20.6. The number of rotatable bonds is 36. The Balaban J connectivity index is 0.00000115. The van der Waals surface area contributed by atoms with Gasteiger partial charge < -0.3 is 59.8 Å². The number of thiazole rings is 1. The minimum Gasteiger partial charge on any atom is -0.494 e. The third kappa shape index (κ3) is 25.8. The number of hydrazone groups is 1. The van der Waals surface area contributed by atoms with Crippen LogP contribution in [-0.2, 0) is 41.4 Å². The number of halogens is 1. The summed E-state index contributed by atoms with van der Waals surface area (Å²) in [5, 5.41) is 15.0. The Morgan fingerprint density at radius 3 is 2.32 bits per heavy atom. The van der Waals surface area contributed by atoms with Crippen LogP contribution in [0, 0.1) is 0 Å². The van der Waals surface area contributed by atoms with Crippen molar-refractivity contribution >= 4 is 74.3 Å². The van der Waals surface area contributed by atoms with E-state index in [2.05, 4.69) is 89.1 Å². The first-order valence-electron chi connectivity index (χ1n) is 29.2. The number of amides is 5. The van der Waals surface area contributed by atoms with E-state index in [1.165, 1.54) is 11.3 Å². The molecule has 3 aromatic carbocycles. The van der Waals surface area contributed by atoms with Crippen molar-refractivity contribution in [2.45, 2.75) is 83.2 Å². The molecule has 2 heterocycles. The number of nitrogens with two attached hydrogens (primary N) is 1. The first-order valence-corrected chi connectivity index (χ1v) is 30.9. The molecule has 0 radical (unpaired) electrons. The molecule has 20 nitrogen and oxygen atoms in total. The Labute approximate surface area is 508 Å². The minimum absolute atomic E-state index is 0.0189. The average Bonchev–Trinajstić information content (AvgIpc) is 4.39. The molecular formula is C62H86BrN11O9S. The lowest BCUT2D eigenvalue weighted by Crippen LogP contribution is -2.45. The minimum atomic E-state index is -0.697. The summed E-state index contributed by atoms with van der Waals surface area (Å²) in [4.78, 5) is 67.1. The lowest BCUT2D eigenvalue weighted by atomic mass is 10.0. The highest BCUT2D eigenvalue weighted by atomic mass is 79.9. The van der Waals surface area contributed by atoms with Crippen LogP contribution in [0.2, 0.25) is 0 Å². The number of ether oxygens (including phenoxy) is 5. The Kier molecular flexibility index (Phi) is 30.5. The smallest absolute Gasteiger partial charge is 0.325 e. The van der Waals surface area contributed by atoms with Crippen LogP contribution in [0.1, 0.15) is 81.2 Å². The zero-order valence-corrected chi connectivity index (χ0v) is 51.5. The van der Waals surface area contributed by atoms with Gasteiger partial charge in [0.05, 0.1) is 64.2 Å². The molecule has 5 amide bonds. The third-order valence-corrected chi connectivity index (χ3v) is 15.2. The van der Waals surface area contributed by atoms with E-state index in [9.17, 15) is 19.2 Å².